The van der Waals surface area contributed by atoms with Gasteiger partial charge in [-0.25, -0.2) is 0 Å². The number of benzene rings is 4. The van der Waals surface area contributed by atoms with Crippen molar-refractivity contribution < 1.29 is 22.1 Å². The number of rotatable bonds is 7. The van der Waals surface area contributed by atoms with E-state index in [1.54, 1.807) is 0 Å². The van der Waals surface area contributed by atoms with Gasteiger partial charge in [0.2, 0.25) is 0 Å². The van der Waals surface area contributed by atoms with Gasteiger partial charge in [0.05, 0.1) is 5.54 Å². The fourth-order valence-electron chi connectivity index (χ4n) is 3.87. The van der Waals surface area contributed by atoms with Crippen molar-refractivity contribution in [1.82, 2.24) is 0 Å². The van der Waals surface area contributed by atoms with E-state index in [-0.39, 0.29) is 5.54 Å². The van der Waals surface area contributed by atoms with Crippen LogP contribution in [0.3, 0.4) is 0 Å². The molecular weight excluding hydrogens is 552 g/mol. The van der Waals surface area contributed by atoms with Gasteiger partial charge in [0, 0.05) is 23.5 Å². The topological polar surface area (TPSA) is 32.6 Å². The van der Waals surface area contributed by atoms with E-state index in [1.807, 2.05) is 36.5 Å². The van der Waals surface area contributed by atoms with Crippen molar-refractivity contribution in [3.8, 4) is 5.75 Å². The van der Waals surface area contributed by atoms with E-state index in [0.717, 1.165) is 22.9 Å². The van der Waals surface area contributed by atoms with Crippen LogP contribution in [0.4, 0.5) is 0 Å². The number of phenolic OH excluding ortho intramolecular Hbond substituents is 1. The number of phenols is 1. The molecule has 6 heteroatoms. The van der Waals surface area contributed by atoms with Crippen LogP contribution in [-0.4, -0.2) is 16.9 Å². The van der Waals surface area contributed by atoms with Crippen LogP contribution in [0.25, 0.3) is 0 Å². The fraction of sp³-hybridized carbons (Fsp3) is 0.194. The summed E-state index contributed by atoms with van der Waals surface area (Å²) in [4.78, 5) is 4.72. The molecule has 1 unspecified atom stereocenters. The Morgan fingerprint density at radius 1 is 0.757 bits per heavy atom. The van der Waals surface area contributed by atoms with Gasteiger partial charge < -0.3 is 5.11 Å². The van der Waals surface area contributed by atoms with Crippen LogP contribution in [-0.2, 0) is 29.9 Å². The number of halogens is 2. The summed E-state index contributed by atoms with van der Waals surface area (Å²) in [6.45, 7) is 6.30. The second-order valence-corrected chi connectivity index (χ2v) is 13.6. The summed E-state index contributed by atoms with van der Waals surface area (Å²) in [7, 11) is 10.1. The maximum atomic E-state index is 11.3. The van der Waals surface area contributed by atoms with Crippen LogP contribution in [0.5, 0.6) is 5.75 Å². The first-order chi connectivity index (χ1) is 17.8. The van der Waals surface area contributed by atoms with Gasteiger partial charge in [-0.05, 0) is 60.8 Å². The monoisotopic (exact) mass is 583 g/mol. The fourth-order valence-corrected chi connectivity index (χ4v) is 5.17. The maximum absolute atomic E-state index is 11.3. The molecule has 0 radical (unpaired) electrons. The van der Waals surface area contributed by atoms with E-state index in [4.69, 9.17) is 23.6 Å². The number of hydrogen-bond donors (Lipinski definition) is 1. The first-order valence-corrected chi connectivity index (χ1v) is 17.4. The van der Waals surface area contributed by atoms with E-state index in [2.05, 4.69) is 87.5 Å². The Kier molecular flexibility index (Phi) is 11.9. The molecule has 1 atom stereocenters. The Morgan fingerprint density at radius 2 is 1.30 bits per heavy atom. The van der Waals surface area contributed by atoms with Crippen molar-refractivity contribution in [1.29, 1.82) is 0 Å². The summed E-state index contributed by atoms with van der Waals surface area (Å²) in [5.41, 5.74) is 5.64. The predicted octanol–water partition coefficient (Wildman–Crippen LogP) is 7.80. The SMILES string of the molecule is CC(C)(C)N=Cc1ccccc1Pc1cc(Cc2ccccc2)cc(Cc2ccccc2)c1O.[Cl][Ti][Cl]. The molecular formula is C31H32Cl2NOPTi. The molecule has 1 N–H and O–H groups in total. The van der Waals surface area contributed by atoms with Crippen molar-refractivity contribution in [3.63, 3.8) is 0 Å². The number of nitrogens with zero attached hydrogens (tertiary/aromatic N) is 1. The molecule has 0 saturated heterocycles. The average Bonchev–Trinajstić information content (AvgIpc) is 2.87. The Morgan fingerprint density at radius 3 is 1.89 bits per heavy atom. The van der Waals surface area contributed by atoms with Gasteiger partial charge in [-0.2, -0.15) is 0 Å². The van der Waals surface area contributed by atoms with E-state index < -0.39 is 17.0 Å². The second kappa shape index (κ2) is 14.9. The first kappa shape index (κ1) is 29.6. The van der Waals surface area contributed by atoms with Crippen molar-refractivity contribution >= 4 is 44.0 Å². The predicted molar refractivity (Wildman–Crippen MR) is 160 cm³/mol. The van der Waals surface area contributed by atoms with Crippen LogP contribution < -0.4 is 10.6 Å². The molecule has 0 aromatic heterocycles. The molecule has 0 aliphatic rings. The third kappa shape index (κ3) is 10.0. The van der Waals surface area contributed by atoms with Gasteiger partial charge in [-0.1, -0.05) is 99.6 Å². The summed E-state index contributed by atoms with van der Waals surface area (Å²) in [6, 6.07) is 33.6. The van der Waals surface area contributed by atoms with Crippen molar-refractivity contribution in [2.75, 3.05) is 0 Å². The standard InChI is InChI=1S/C31H32NOP.2ClH.Ti/c1-31(2,3)32-22-26-16-10-11-17-28(26)34-29-21-25(18-23-12-6-4-7-13-23)20-27(30(29)33)19-24-14-8-5-9-15-24;;;/h4-17,20-22,33-34H,18-19H2,1-3H3;2*1H;/q;;;+2/p-2. The second-order valence-electron chi connectivity index (χ2n) is 9.69. The van der Waals surface area contributed by atoms with Gasteiger partial charge in [-0.3, -0.25) is 4.99 Å². The molecule has 0 aliphatic heterocycles. The average molecular weight is 584 g/mol. The third-order valence-electron chi connectivity index (χ3n) is 5.56. The van der Waals surface area contributed by atoms with Crippen molar-refractivity contribution in [3.05, 3.63) is 125 Å². The molecule has 4 rings (SSSR count). The Labute approximate surface area is 239 Å². The molecule has 0 heterocycles. The third-order valence-corrected chi connectivity index (χ3v) is 6.93. The van der Waals surface area contributed by atoms with Crippen molar-refractivity contribution in [2.24, 2.45) is 4.99 Å². The summed E-state index contributed by atoms with van der Waals surface area (Å²) in [5, 5.41) is 13.5. The molecule has 0 saturated carbocycles. The zero-order chi connectivity index (χ0) is 26.7. The normalized spacial score (nSPS) is 11.5. The van der Waals surface area contributed by atoms with Crippen LogP contribution in [0.15, 0.2) is 102 Å². The number of aliphatic imine (C=N–C) groups is 1. The van der Waals surface area contributed by atoms with Crippen LogP contribution in [0.2, 0.25) is 0 Å². The van der Waals surface area contributed by atoms with Gasteiger partial charge in [0.25, 0.3) is 0 Å². The molecule has 0 amide bonds. The summed E-state index contributed by atoms with van der Waals surface area (Å²) >= 11 is -0.556. The zero-order valence-electron chi connectivity index (χ0n) is 21.4. The summed E-state index contributed by atoms with van der Waals surface area (Å²) in [6.07, 6.45) is 3.52. The molecule has 0 bridgehead atoms. The minimum atomic E-state index is -0.556. The van der Waals surface area contributed by atoms with Gasteiger partial charge in [0.15, 0.2) is 0 Å². The number of aromatic hydroxyl groups is 1. The van der Waals surface area contributed by atoms with Crippen LogP contribution >= 0.6 is 27.2 Å². The van der Waals surface area contributed by atoms with Crippen molar-refractivity contribution in [2.45, 2.75) is 39.2 Å². The molecule has 0 fully saturated rings. The van der Waals surface area contributed by atoms with E-state index in [0.29, 0.717) is 20.8 Å². The van der Waals surface area contributed by atoms with Gasteiger partial charge >= 0.3 is 35.6 Å². The molecule has 4 aromatic carbocycles. The summed E-state index contributed by atoms with van der Waals surface area (Å²) in [5.74, 6) is 0.404. The number of hydrogen-bond acceptors (Lipinski definition) is 2. The Balaban J connectivity index is 0.00000121. The molecule has 0 aliphatic carbocycles. The Bertz CT molecular complexity index is 1290. The molecule has 37 heavy (non-hydrogen) atoms. The minimum absolute atomic E-state index is 0.128. The zero-order valence-corrected chi connectivity index (χ0v) is 25.5. The first-order valence-electron chi connectivity index (χ1n) is 12.1. The van der Waals surface area contributed by atoms with Crippen LogP contribution in [0.1, 0.15) is 48.6 Å². The Hall–Kier alpha value is -1.93. The van der Waals surface area contributed by atoms with E-state index >= 15 is 0 Å². The van der Waals surface area contributed by atoms with Crippen LogP contribution in [0, 0.1) is 0 Å². The van der Waals surface area contributed by atoms with Gasteiger partial charge in [0.1, 0.15) is 5.75 Å². The molecule has 190 valence electrons. The molecule has 4 aromatic rings. The summed E-state index contributed by atoms with van der Waals surface area (Å²) < 4.78 is 0. The van der Waals surface area contributed by atoms with E-state index in [9.17, 15) is 5.11 Å². The van der Waals surface area contributed by atoms with Gasteiger partial charge in [-0.15, -0.1) is 0 Å². The molecule has 2 nitrogen and oxygen atoms in total. The van der Waals surface area contributed by atoms with E-state index in [1.165, 1.54) is 22.0 Å². The quantitative estimate of drug-likeness (QED) is 0.134. The molecule has 0 spiro atoms.